The maximum atomic E-state index is 9.41. The summed E-state index contributed by atoms with van der Waals surface area (Å²) in [5.41, 5.74) is 1.15. The van der Waals surface area contributed by atoms with Crippen LogP contribution in [0.15, 0.2) is 72.8 Å². The SMILES string of the molecule is C=C(C)C=O.C=C(C)C=O.Oc1ccc2c(ccc3cc(O)ccc32)c1. The summed E-state index contributed by atoms with van der Waals surface area (Å²) in [6, 6.07) is 14.5. The Balaban J connectivity index is 0.000000284. The molecular weight excluding hydrogens is 328 g/mol. The van der Waals surface area contributed by atoms with E-state index < -0.39 is 0 Å². The topological polar surface area (TPSA) is 74.6 Å². The Kier molecular flexibility index (Phi) is 7.77. The maximum Gasteiger partial charge on any atom is 0.145 e. The van der Waals surface area contributed by atoms with Gasteiger partial charge in [-0.25, -0.2) is 0 Å². The van der Waals surface area contributed by atoms with Gasteiger partial charge in [-0.2, -0.15) is 0 Å². The van der Waals surface area contributed by atoms with E-state index in [0.29, 0.717) is 11.1 Å². The minimum atomic E-state index is 0.269. The van der Waals surface area contributed by atoms with Crippen LogP contribution in [0.25, 0.3) is 21.5 Å². The van der Waals surface area contributed by atoms with Crippen molar-refractivity contribution in [3.63, 3.8) is 0 Å². The maximum absolute atomic E-state index is 9.41. The first-order valence-electron chi connectivity index (χ1n) is 7.84. The molecule has 0 aliphatic heterocycles. The minimum absolute atomic E-state index is 0.269. The summed E-state index contributed by atoms with van der Waals surface area (Å²) in [5, 5.41) is 23.0. The van der Waals surface area contributed by atoms with Crippen molar-refractivity contribution >= 4 is 34.1 Å². The van der Waals surface area contributed by atoms with E-state index in [0.717, 1.165) is 34.1 Å². The van der Waals surface area contributed by atoms with E-state index in [1.165, 1.54) is 0 Å². The monoisotopic (exact) mass is 350 g/mol. The molecular formula is C22H22O4. The second-order valence-corrected chi connectivity index (χ2v) is 5.80. The smallest absolute Gasteiger partial charge is 0.145 e. The molecule has 0 radical (unpaired) electrons. The quantitative estimate of drug-likeness (QED) is 0.390. The largest absolute Gasteiger partial charge is 0.508 e. The summed E-state index contributed by atoms with van der Waals surface area (Å²) in [4.78, 5) is 18.8. The lowest BCUT2D eigenvalue weighted by Crippen LogP contribution is -1.77. The average Bonchev–Trinajstić information content (AvgIpc) is 2.62. The number of aromatic hydroxyl groups is 2. The molecule has 0 saturated heterocycles. The fraction of sp³-hybridized carbons (Fsp3) is 0.0909. The molecule has 0 amide bonds. The van der Waals surface area contributed by atoms with Gasteiger partial charge in [0, 0.05) is 0 Å². The molecule has 4 nitrogen and oxygen atoms in total. The first-order valence-corrected chi connectivity index (χ1v) is 7.84. The van der Waals surface area contributed by atoms with E-state index in [2.05, 4.69) is 13.2 Å². The zero-order valence-corrected chi connectivity index (χ0v) is 14.9. The molecule has 0 heterocycles. The average molecular weight is 350 g/mol. The van der Waals surface area contributed by atoms with Crippen molar-refractivity contribution in [2.45, 2.75) is 13.8 Å². The van der Waals surface area contributed by atoms with Gasteiger partial charge >= 0.3 is 0 Å². The van der Waals surface area contributed by atoms with Crippen LogP contribution in [0.4, 0.5) is 0 Å². The van der Waals surface area contributed by atoms with Crippen LogP contribution >= 0.6 is 0 Å². The van der Waals surface area contributed by atoms with Crippen molar-refractivity contribution < 1.29 is 19.8 Å². The summed E-state index contributed by atoms with van der Waals surface area (Å²) in [7, 11) is 0. The lowest BCUT2D eigenvalue weighted by Gasteiger charge is -2.04. The molecule has 0 fully saturated rings. The number of phenolic OH excluding ortho intramolecular Hbond substituents is 2. The molecule has 3 rings (SSSR count). The van der Waals surface area contributed by atoms with Gasteiger partial charge in [-0.15, -0.1) is 0 Å². The van der Waals surface area contributed by atoms with Gasteiger partial charge in [-0.3, -0.25) is 9.59 Å². The van der Waals surface area contributed by atoms with Crippen LogP contribution in [-0.4, -0.2) is 22.8 Å². The molecule has 0 aliphatic carbocycles. The summed E-state index contributed by atoms with van der Waals surface area (Å²) in [6.07, 6.45) is 1.44. The zero-order valence-electron chi connectivity index (χ0n) is 14.9. The van der Waals surface area contributed by atoms with Gasteiger partial charge < -0.3 is 10.2 Å². The molecule has 0 saturated carbocycles. The molecule has 4 heteroatoms. The highest BCUT2D eigenvalue weighted by molar-refractivity contribution is 6.08. The Morgan fingerprint density at radius 1 is 0.731 bits per heavy atom. The molecule has 0 atom stereocenters. The van der Waals surface area contributed by atoms with E-state index in [1.807, 2.05) is 24.3 Å². The number of phenols is 2. The van der Waals surface area contributed by atoms with E-state index in [9.17, 15) is 19.8 Å². The number of fused-ring (bicyclic) bond motifs is 3. The van der Waals surface area contributed by atoms with E-state index in [4.69, 9.17) is 0 Å². The number of benzene rings is 3. The normalized spacial score (nSPS) is 9.31. The Morgan fingerprint density at radius 3 is 1.31 bits per heavy atom. The van der Waals surface area contributed by atoms with Crippen LogP contribution in [-0.2, 0) is 9.59 Å². The number of allylic oxidation sites excluding steroid dienone is 2. The van der Waals surface area contributed by atoms with Crippen LogP contribution in [0, 0.1) is 0 Å². The van der Waals surface area contributed by atoms with Gasteiger partial charge in [0.1, 0.15) is 24.1 Å². The fourth-order valence-electron chi connectivity index (χ4n) is 2.05. The lowest BCUT2D eigenvalue weighted by molar-refractivity contribution is -0.105. The summed E-state index contributed by atoms with van der Waals surface area (Å²) in [5.74, 6) is 0.538. The number of hydrogen-bond donors (Lipinski definition) is 2. The molecule has 0 aromatic heterocycles. The molecule has 0 aliphatic rings. The fourth-order valence-corrected chi connectivity index (χ4v) is 2.05. The molecule has 0 bridgehead atoms. The van der Waals surface area contributed by atoms with E-state index >= 15 is 0 Å². The Labute approximate surface area is 152 Å². The van der Waals surface area contributed by atoms with Crippen LogP contribution in [0.3, 0.4) is 0 Å². The van der Waals surface area contributed by atoms with Crippen molar-refractivity contribution in [1.29, 1.82) is 0 Å². The highest BCUT2D eigenvalue weighted by Crippen LogP contribution is 2.29. The van der Waals surface area contributed by atoms with Crippen LogP contribution in [0.5, 0.6) is 11.5 Å². The van der Waals surface area contributed by atoms with Gasteiger partial charge in [0.05, 0.1) is 0 Å². The number of carbonyl (C=O) groups excluding carboxylic acids is 2. The van der Waals surface area contributed by atoms with Crippen LogP contribution in [0.2, 0.25) is 0 Å². The Morgan fingerprint density at radius 2 is 1.04 bits per heavy atom. The van der Waals surface area contributed by atoms with Crippen molar-refractivity contribution in [2.75, 3.05) is 0 Å². The first kappa shape index (κ1) is 20.6. The number of aldehydes is 2. The zero-order chi connectivity index (χ0) is 19.7. The second kappa shape index (κ2) is 9.79. The third-order valence-electron chi connectivity index (χ3n) is 3.21. The molecule has 2 N–H and O–H groups in total. The van der Waals surface area contributed by atoms with Gasteiger partial charge in [0.2, 0.25) is 0 Å². The van der Waals surface area contributed by atoms with Gasteiger partial charge in [-0.1, -0.05) is 37.4 Å². The Hall–Kier alpha value is -3.40. The van der Waals surface area contributed by atoms with Gasteiger partial charge in [0.25, 0.3) is 0 Å². The van der Waals surface area contributed by atoms with E-state index in [1.54, 1.807) is 38.1 Å². The van der Waals surface area contributed by atoms with Gasteiger partial charge in [0.15, 0.2) is 0 Å². The van der Waals surface area contributed by atoms with Crippen LogP contribution < -0.4 is 0 Å². The highest BCUT2D eigenvalue weighted by atomic mass is 16.3. The Bertz CT molecular complexity index is 876. The molecule has 3 aromatic rings. The van der Waals surface area contributed by atoms with Crippen LogP contribution in [0.1, 0.15) is 13.8 Å². The molecule has 0 spiro atoms. The molecule has 26 heavy (non-hydrogen) atoms. The predicted molar refractivity (Wildman–Crippen MR) is 107 cm³/mol. The summed E-state index contributed by atoms with van der Waals surface area (Å²) in [6.45, 7) is 9.93. The van der Waals surface area contributed by atoms with Crippen molar-refractivity contribution in [1.82, 2.24) is 0 Å². The van der Waals surface area contributed by atoms with Crippen molar-refractivity contribution in [2.24, 2.45) is 0 Å². The molecule has 0 unspecified atom stereocenters. The predicted octanol–water partition coefficient (Wildman–Crippen LogP) is 4.93. The third kappa shape index (κ3) is 6.24. The summed E-state index contributed by atoms with van der Waals surface area (Å²) < 4.78 is 0. The third-order valence-corrected chi connectivity index (χ3v) is 3.21. The van der Waals surface area contributed by atoms with E-state index in [-0.39, 0.29) is 11.5 Å². The first-order chi connectivity index (χ1) is 12.3. The number of rotatable bonds is 2. The standard InChI is InChI=1S/C14H10O2.2C4H6O/c15-11-3-5-13-9(7-11)1-2-10-8-12(16)4-6-14(10)13;2*1-4(2)3-5/h1-8,15-16H;2*3H,1H2,2H3. The number of hydrogen-bond acceptors (Lipinski definition) is 4. The van der Waals surface area contributed by atoms with Crippen molar-refractivity contribution in [3.8, 4) is 11.5 Å². The molecule has 3 aromatic carbocycles. The van der Waals surface area contributed by atoms with Crippen molar-refractivity contribution in [3.05, 3.63) is 72.8 Å². The second-order valence-electron chi connectivity index (χ2n) is 5.80. The molecule has 134 valence electrons. The highest BCUT2D eigenvalue weighted by Gasteiger charge is 2.01. The lowest BCUT2D eigenvalue weighted by atomic mass is 10.0. The number of carbonyl (C=O) groups is 2. The summed E-state index contributed by atoms with van der Waals surface area (Å²) >= 11 is 0. The van der Waals surface area contributed by atoms with Gasteiger partial charge in [-0.05, 0) is 70.8 Å². The minimum Gasteiger partial charge on any atom is -0.508 e.